The highest BCUT2D eigenvalue weighted by atomic mass is 35.5. The van der Waals surface area contributed by atoms with Crippen molar-refractivity contribution >= 4 is 29.2 Å². The number of hydrogen-bond acceptors (Lipinski definition) is 4. The smallest absolute Gasteiger partial charge is 0.295 e. The van der Waals surface area contributed by atoms with Crippen LogP contribution in [0.2, 0.25) is 5.02 Å². The van der Waals surface area contributed by atoms with Gasteiger partial charge in [0.25, 0.3) is 11.5 Å². The summed E-state index contributed by atoms with van der Waals surface area (Å²) in [5.41, 5.74) is 0.283. The Morgan fingerprint density at radius 3 is 2.37 bits per heavy atom. The van der Waals surface area contributed by atoms with Crippen molar-refractivity contribution in [2.24, 2.45) is 7.05 Å². The average Bonchev–Trinajstić information content (AvgIpc) is 2.85. The van der Waals surface area contributed by atoms with Crippen LogP contribution in [-0.2, 0) is 7.05 Å². The molecule has 0 aliphatic rings. The Balaban J connectivity index is 2.04. The van der Waals surface area contributed by atoms with Crippen molar-refractivity contribution in [2.75, 3.05) is 5.32 Å². The first-order chi connectivity index (χ1) is 12.8. The van der Waals surface area contributed by atoms with E-state index in [4.69, 9.17) is 11.6 Å². The van der Waals surface area contributed by atoms with Gasteiger partial charge in [-0.05, 0) is 37.3 Å². The first-order valence-electron chi connectivity index (χ1n) is 7.97. The van der Waals surface area contributed by atoms with Crippen LogP contribution in [0.5, 0.6) is 0 Å². The second kappa shape index (κ2) is 7.13. The molecule has 0 saturated carbocycles. The van der Waals surface area contributed by atoms with Crippen LogP contribution in [0.1, 0.15) is 26.4 Å². The van der Waals surface area contributed by atoms with Gasteiger partial charge >= 0.3 is 0 Å². The molecule has 138 valence electrons. The average molecular weight is 385 g/mol. The SMILES string of the molecule is Cc1c(NC(=O)c2ccc(Cl)cc2C(=O)[O-])c(=O)n(-c2ccccc2)n1C. The van der Waals surface area contributed by atoms with Gasteiger partial charge in [-0.15, -0.1) is 0 Å². The molecule has 0 aliphatic carbocycles. The fourth-order valence-corrected chi connectivity index (χ4v) is 2.95. The standard InChI is InChI=1S/C19H16ClN3O4/c1-11-16(18(25)23(22(11)2)13-6-4-3-5-7-13)21-17(24)14-9-8-12(20)10-15(14)19(26)27/h3-10H,1-2H3,(H,21,24)(H,26,27)/p-1. The van der Waals surface area contributed by atoms with Crippen LogP contribution >= 0.6 is 11.6 Å². The minimum Gasteiger partial charge on any atom is -0.545 e. The molecule has 3 aromatic rings. The minimum atomic E-state index is -1.53. The highest BCUT2D eigenvalue weighted by molar-refractivity contribution is 6.31. The topological polar surface area (TPSA) is 96.2 Å². The van der Waals surface area contributed by atoms with Crippen molar-refractivity contribution in [3.8, 4) is 5.69 Å². The number of nitrogens with one attached hydrogen (secondary N) is 1. The number of benzene rings is 2. The van der Waals surface area contributed by atoms with Crippen LogP contribution in [0.25, 0.3) is 5.69 Å². The Kier molecular flexibility index (Phi) is 4.87. The van der Waals surface area contributed by atoms with Gasteiger partial charge < -0.3 is 15.2 Å². The number of aromatic nitrogens is 2. The van der Waals surface area contributed by atoms with Gasteiger partial charge in [0.05, 0.1) is 17.4 Å². The van der Waals surface area contributed by atoms with E-state index in [1.165, 1.54) is 16.8 Å². The Hall–Kier alpha value is -3.32. The zero-order chi connectivity index (χ0) is 19.7. The van der Waals surface area contributed by atoms with Crippen LogP contribution in [0.3, 0.4) is 0 Å². The number of amides is 1. The Labute approximate surface area is 159 Å². The van der Waals surface area contributed by atoms with E-state index in [0.717, 1.165) is 6.07 Å². The number of aromatic carboxylic acids is 1. The van der Waals surface area contributed by atoms with E-state index < -0.39 is 17.4 Å². The summed E-state index contributed by atoms with van der Waals surface area (Å²) in [4.78, 5) is 36.7. The third kappa shape index (κ3) is 3.37. The summed E-state index contributed by atoms with van der Waals surface area (Å²) in [6.45, 7) is 1.68. The van der Waals surface area contributed by atoms with Gasteiger partial charge in [0, 0.05) is 23.2 Å². The van der Waals surface area contributed by atoms with Crippen LogP contribution in [0.4, 0.5) is 5.69 Å². The first-order valence-corrected chi connectivity index (χ1v) is 8.35. The second-order valence-electron chi connectivity index (χ2n) is 5.87. The van der Waals surface area contributed by atoms with E-state index in [-0.39, 0.29) is 21.8 Å². The lowest BCUT2D eigenvalue weighted by molar-refractivity contribution is -0.255. The van der Waals surface area contributed by atoms with Gasteiger partial charge in [-0.25, -0.2) is 4.68 Å². The molecule has 0 unspecified atom stereocenters. The number of para-hydroxylation sites is 1. The molecule has 0 aliphatic heterocycles. The van der Waals surface area contributed by atoms with Crippen molar-refractivity contribution in [2.45, 2.75) is 6.92 Å². The Morgan fingerprint density at radius 1 is 1.07 bits per heavy atom. The molecule has 8 heteroatoms. The van der Waals surface area contributed by atoms with Crippen LogP contribution in [0.15, 0.2) is 53.3 Å². The summed E-state index contributed by atoms with van der Waals surface area (Å²) in [7, 11) is 1.69. The first kappa shape index (κ1) is 18.5. The normalized spacial score (nSPS) is 10.6. The van der Waals surface area contributed by atoms with Gasteiger partial charge in [-0.2, -0.15) is 0 Å². The molecule has 2 aromatic carbocycles. The molecule has 1 N–H and O–H groups in total. The summed E-state index contributed by atoms with van der Waals surface area (Å²) < 4.78 is 3.02. The fraction of sp³-hybridized carbons (Fsp3) is 0.105. The van der Waals surface area contributed by atoms with Crippen LogP contribution in [0, 0.1) is 6.92 Å². The fourth-order valence-electron chi connectivity index (χ4n) is 2.78. The van der Waals surface area contributed by atoms with Crippen molar-refractivity contribution in [3.63, 3.8) is 0 Å². The van der Waals surface area contributed by atoms with E-state index in [9.17, 15) is 19.5 Å². The van der Waals surface area contributed by atoms with Crippen molar-refractivity contribution in [1.29, 1.82) is 0 Å². The molecule has 0 radical (unpaired) electrons. The lowest BCUT2D eigenvalue weighted by Crippen LogP contribution is -2.28. The third-order valence-corrected chi connectivity index (χ3v) is 4.47. The molecule has 0 fully saturated rings. The Bertz CT molecular complexity index is 1100. The van der Waals surface area contributed by atoms with Gasteiger partial charge in [0.2, 0.25) is 0 Å². The van der Waals surface area contributed by atoms with Crippen LogP contribution in [-0.4, -0.2) is 21.2 Å². The number of anilines is 1. The quantitative estimate of drug-likeness (QED) is 0.741. The molecule has 0 spiro atoms. The number of carboxylic acid groups (broad SMARTS) is 1. The number of carbonyl (C=O) groups excluding carboxylic acids is 2. The molecule has 0 saturated heterocycles. The largest absolute Gasteiger partial charge is 0.545 e. The molecular weight excluding hydrogens is 370 g/mol. The van der Waals surface area contributed by atoms with Crippen molar-refractivity contribution < 1.29 is 14.7 Å². The number of nitrogens with zero attached hydrogens (tertiary/aromatic N) is 2. The molecule has 0 bridgehead atoms. The van der Waals surface area contributed by atoms with E-state index in [2.05, 4.69) is 5.32 Å². The molecule has 0 atom stereocenters. The number of carboxylic acids is 1. The lowest BCUT2D eigenvalue weighted by atomic mass is 10.1. The predicted octanol–water partition coefficient (Wildman–Crippen LogP) is 1.75. The highest BCUT2D eigenvalue weighted by Gasteiger charge is 2.20. The molecular formula is C19H15ClN3O4-. The van der Waals surface area contributed by atoms with Gasteiger partial charge in [0.15, 0.2) is 0 Å². The maximum absolute atomic E-state index is 12.8. The van der Waals surface area contributed by atoms with Gasteiger partial charge in [-0.1, -0.05) is 29.8 Å². The number of carbonyl (C=O) groups is 2. The van der Waals surface area contributed by atoms with E-state index >= 15 is 0 Å². The molecule has 1 amide bonds. The zero-order valence-electron chi connectivity index (χ0n) is 14.5. The van der Waals surface area contributed by atoms with E-state index in [1.807, 2.05) is 6.07 Å². The summed E-state index contributed by atoms with van der Waals surface area (Å²) in [6.07, 6.45) is 0. The van der Waals surface area contributed by atoms with E-state index in [0.29, 0.717) is 11.4 Å². The number of hydrogen-bond donors (Lipinski definition) is 1. The monoisotopic (exact) mass is 384 g/mol. The van der Waals surface area contributed by atoms with Crippen LogP contribution < -0.4 is 16.0 Å². The molecule has 7 nitrogen and oxygen atoms in total. The van der Waals surface area contributed by atoms with Crippen molar-refractivity contribution in [3.05, 3.63) is 80.7 Å². The minimum absolute atomic E-state index is 0.0607. The second-order valence-corrected chi connectivity index (χ2v) is 6.30. The summed E-state index contributed by atoms with van der Waals surface area (Å²) >= 11 is 5.79. The maximum atomic E-state index is 12.8. The number of halogens is 1. The highest BCUT2D eigenvalue weighted by Crippen LogP contribution is 2.19. The summed E-state index contributed by atoms with van der Waals surface area (Å²) in [5.74, 6) is -2.27. The van der Waals surface area contributed by atoms with E-state index in [1.54, 1.807) is 42.9 Å². The molecule has 1 heterocycles. The predicted molar refractivity (Wildman–Crippen MR) is 99.5 cm³/mol. The van der Waals surface area contributed by atoms with Gasteiger partial charge in [-0.3, -0.25) is 14.3 Å². The zero-order valence-corrected chi connectivity index (χ0v) is 15.3. The summed E-state index contributed by atoms with van der Waals surface area (Å²) in [5, 5.41) is 14.0. The van der Waals surface area contributed by atoms with Gasteiger partial charge in [0.1, 0.15) is 5.69 Å². The summed E-state index contributed by atoms with van der Waals surface area (Å²) in [6, 6.07) is 12.7. The number of rotatable bonds is 4. The maximum Gasteiger partial charge on any atom is 0.295 e. The van der Waals surface area contributed by atoms with Crippen molar-refractivity contribution in [1.82, 2.24) is 9.36 Å². The molecule has 1 aromatic heterocycles. The Morgan fingerprint density at radius 2 is 1.74 bits per heavy atom. The third-order valence-electron chi connectivity index (χ3n) is 4.24. The lowest BCUT2D eigenvalue weighted by Gasteiger charge is -2.10. The molecule has 27 heavy (non-hydrogen) atoms. The molecule has 3 rings (SSSR count).